The summed E-state index contributed by atoms with van der Waals surface area (Å²) in [6, 6.07) is 6.06. The Morgan fingerprint density at radius 3 is 2.46 bits per heavy atom. The van der Waals surface area contributed by atoms with E-state index in [9.17, 15) is 31.5 Å². The lowest BCUT2D eigenvalue weighted by molar-refractivity contribution is 0.128. The molecule has 1 atom stereocenters. The Morgan fingerprint density at radius 2 is 1.91 bits per heavy atom. The molecule has 1 fully saturated rings. The van der Waals surface area contributed by atoms with Gasteiger partial charge in [-0.1, -0.05) is 12.1 Å². The minimum atomic E-state index is -5.16. The zero-order valence-electron chi connectivity index (χ0n) is 18.4. The number of carboxylic acid groups (broad SMARTS) is 1. The number of carbonyl (C=O) groups is 1. The highest BCUT2D eigenvalue weighted by Gasteiger charge is 2.37. The van der Waals surface area contributed by atoms with Crippen LogP contribution in [0, 0.1) is 17.5 Å². The number of hydrogen-bond donors (Lipinski definition) is 2. The van der Waals surface area contributed by atoms with E-state index in [1.54, 1.807) is 12.1 Å². The first-order chi connectivity index (χ1) is 16.6. The van der Waals surface area contributed by atoms with Crippen molar-refractivity contribution in [3.8, 4) is 0 Å². The molecule has 4 rings (SSSR count). The van der Waals surface area contributed by atoms with E-state index in [1.165, 1.54) is 11.6 Å². The van der Waals surface area contributed by atoms with Crippen molar-refractivity contribution in [2.45, 2.75) is 30.8 Å². The van der Waals surface area contributed by atoms with E-state index < -0.39 is 44.3 Å². The largest absolute Gasteiger partial charge is 0.464 e. The number of anilines is 2. The fraction of sp³-hybridized carbons (Fsp3) is 0.273. The zero-order chi connectivity index (χ0) is 25.3. The number of likely N-dealkylation sites (tertiary alicyclic amines) is 1. The first-order valence-electron chi connectivity index (χ1n) is 10.5. The first-order valence-corrected chi connectivity index (χ1v) is 12.9. The van der Waals surface area contributed by atoms with Gasteiger partial charge < -0.3 is 10.4 Å². The Hall–Kier alpha value is -3.16. The van der Waals surface area contributed by atoms with E-state index in [0.717, 1.165) is 53.9 Å². The summed E-state index contributed by atoms with van der Waals surface area (Å²) in [7, 11) is -5.16. The molecule has 0 bridgehead atoms. The number of benzene rings is 2. The van der Waals surface area contributed by atoms with Crippen molar-refractivity contribution >= 4 is 39.0 Å². The summed E-state index contributed by atoms with van der Waals surface area (Å²) in [6.07, 6.45) is -0.914. The number of thiazole rings is 1. The van der Waals surface area contributed by atoms with Gasteiger partial charge in [-0.25, -0.2) is 31.4 Å². The maximum atomic E-state index is 14.9. The van der Waals surface area contributed by atoms with Crippen LogP contribution in [0.3, 0.4) is 0 Å². The van der Waals surface area contributed by atoms with E-state index in [4.69, 9.17) is 0 Å². The molecular formula is C22H21F3N4O4S2. The lowest BCUT2D eigenvalue weighted by Gasteiger charge is -2.37. The summed E-state index contributed by atoms with van der Waals surface area (Å²) in [5.74, 6) is -4.00. The summed E-state index contributed by atoms with van der Waals surface area (Å²) >= 11 is 0.911. The van der Waals surface area contributed by atoms with Crippen LogP contribution in [-0.4, -0.2) is 42.6 Å². The molecular weight excluding hydrogens is 505 g/mol. The van der Waals surface area contributed by atoms with Gasteiger partial charge in [0.1, 0.15) is 17.5 Å². The predicted octanol–water partition coefficient (Wildman–Crippen LogP) is 4.81. The van der Waals surface area contributed by atoms with Crippen LogP contribution in [0.15, 0.2) is 46.1 Å². The van der Waals surface area contributed by atoms with Crippen molar-refractivity contribution in [3.05, 3.63) is 69.8 Å². The van der Waals surface area contributed by atoms with Crippen molar-refractivity contribution in [2.75, 3.05) is 22.7 Å². The van der Waals surface area contributed by atoms with Crippen molar-refractivity contribution in [1.82, 2.24) is 9.88 Å². The molecule has 1 aliphatic heterocycles. The average Bonchev–Trinajstić information content (AvgIpc) is 3.24. The van der Waals surface area contributed by atoms with Gasteiger partial charge in [-0.15, -0.1) is 15.6 Å². The summed E-state index contributed by atoms with van der Waals surface area (Å²) in [4.78, 5) is 15.9. The maximum Gasteiger partial charge on any atom is 0.427 e. The third kappa shape index (κ3) is 4.83. The molecule has 0 spiro atoms. The second kappa shape index (κ2) is 9.84. The lowest BCUT2D eigenvalue weighted by Crippen LogP contribution is -2.39. The highest BCUT2D eigenvalue weighted by atomic mass is 32.2. The SMILES string of the molecule is C[C@H](c1cccc(F)c1CNc1cc(F)c(S(=O)(=O)N(C(=O)O)c2cscn2)c(F)c1)N1CCC1. The summed E-state index contributed by atoms with van der Waals surface area (Å²) < 4.78 is 69.8. The summed E-state index contributed by atoms with van der Waals surface area (Å²) in [5, 5.41) is 13.2. The molecule has 2 N–H and O–H groups in total. The Balaban J connectivity index is 1.62. The quantitative estimate of drug-likeness (QED) is 0.434. The fourth-order valence-corrected chi connectivity index (χ4v) is 5.83. The summed E-state index contributed by atoms with van der Waals surface area (Å²) in [6.45, 7) is 3.63. The maximum absolute atomic E-state index is 14.9. The van der Waals surface area contributed by atoms with Gasteiger partial charge in [-0.05, 0) is 50.2 Å². The standard InChI is InChI=1S/C22H21F3N4O4S2/c1-13(28-6-3-7-28)15-4-2-5-17(23)16(15)10-26-14-8-18(24)21(19(25)9-14)35(32,33)29(22(30)31)20-11-34-12-27-20/h2,4-5,8-9,11-13,26H,3,6-7,10H2,1H3,(H,30,31)/t13-/m1/s1. The Morgan fingerprint density at radius 1 is 1.23 bits per heavy atom. The molecule has 0 saturated carbocycles. The number of nitrogens with zero attached hydrogens (tertiary/aromatic N) is 3. The molecule has 35 heavy (non-hydrogen) atoms. The molecule has 2 aromatic carbocycles. The van der Waals surface area contributed by atoms with Gasteiger partial charge in [-0.2, -0.15) is 0 Å². The predicted molar refractivity (Wildman–Crippen MR) is 124 cm³/mol. The Kier molecular flexibility index (Phi) is 7.01. The highest BCUT2D eigenvalue weighted by Crippen LogP contribution is 2.32. The van der Waals surface area contributed by atoms with E-state index in [-0.39, 0.29) is 22.6 Å². The minimum absolute atomic E-state index is 0.0510. The molecule has 3 aromatic rings. The van der Waals surface area contributed by atoms with Gasteiger partial charge in [0.2, 0.25) is 0 Å². The molecule has 1 amide bonds. The first kappa shape index (κ1) is 24.9. The van der Waals surface area contributed by atoms with Gasteiger partial charge in [0.15, 0.2) is 10.7 Å². The lowest BCUT2D eigenvalue weighted by atomic mass is 9.97. The van der Waals surface area contributed by atoms with Crippen LogP contribution in [-0.2, 0) is 16.6 Å². The molecule has 186 valence electrons. The van der Waals surface area contributed by atoms with Gasteiger partial charge >= 0.3 is 6.09 Å². The number of rotatable bonds is 8. The average molecular weight is 527 g/mol. The van der Waals surface area contributed by atoms with Gasteiger partial charge in [-0.3, -0.25) is 4.90 Å². The van der Waals surface area contributed by atoms with Crippen LogP contribution >= 0.6 is 11.3 Å². The van der Waals surface area contributed by atoms with E-state index >= 15 is 0 Å². The van der Waals surface area contributed by atoms with E-state index in [0.29, 0.717) is 5.56 Å². The number of halogens is 3. The van der Waals surface area contributed by atoms with Gasteiger partial charge in [0.25, 0.3) is 10.0 Å². The number of amides is 1. The normalized spacial score (nSPS) is 14.9. The molecule has 1 aromatic heterocycles. The number of hydrogen-bond acceptors (Lipinski definition) is 7. The second-order valence-electron chi connectivity index (χ2n) is 7.89. The third-order valence-corrected chi connectivity index (χ3v) is 8.11. The zero-order valence-corrected chi connectivity index (χ0v) is 20.0. The van der Waals surface area contributed by atoms with Crippen LogP contribution in [0.4, 0.5) is 29.5 Å². The fourth-order valence-electron chi connectivity index (χ4n) is 3.90. The van der Waals surface area contributed by atoms with Gasteiger partial charge in [0, 0.05) is 29.2 Å². The summed E-state index contributed by atoms with van der Waals surface area (Å²) in [5.41, 5.74) is 2.10. The van der Waals surface area contributed by atoms with Crippen LogP contribution in [0.5, 0.6) is 0 Å². The molecule has 13 heteroatoms. The van der Waals surface area contributed by atoms with E-state index in [1.807, 2.05) is 6.92 Å². The van der Waals surface area contributed by atoms with Crippen molar-refractivity contribution in [1.29, 1.82) is 0 Å². The van der Waals surface area contributed by atoms with Crippen LogP contribution in [0.1, 0.15) is 30.5 Å². The highest BCUT2D eigenvalue weighted by molar-refractivity contribution is 7.93. The molecule has 1 saturated heterocycles. The van der Waals surface area contributed by atoms with Crippen LogP contribution in [0.2, 0.25) is 0 Å². The Labute approximate surface area is 203 Å². The van der Waals surface area contributed by atoms with Crippen LogP contribution < -0.4 is 9.62 Å². The second-order valence-corrected chi connectivity index (χ2v) is 10.3. The molecule has 0 radical (unpaired) electrons. The molecule has 0 aliphatic carbocycles. The molecule has 1 aliphatic rings. The molecule has 8 nitrogen and oxygen atoms in total. The van der Waals surface area contributed by atoms with Crippen molar-refractivity contribution in [3.63, 3.8) is 0 Å². The monoisotopic (exact) mass is 526 g/mol. The molecule has 2 heterocycles. The number of aromatic nitrogens is 1. The van der Waals surface area contributed by atoms with Crippen LogP contribution in [0.25, 0.3) is 0 Å². The van der Waals surface area contributed by atoms with Crippen molar-refractivity contribution < 1.29 is 31.5 Å². The van der Waals surface area contributed by atoms with Crippen molar-refractivity contribution in [2.24, 2.45) is 0 Å². The molecule has 0 unspecified atom stereocenters. The number of nitrogens with one attached hydrogen (secondary N) is 1. The Bertz CT molecular complexity index is 1330. The van der Waals surface area contributed by atoms with E-state index in [2.05, 4.69) is 15.2 Å². The topological polar surface area (TPSA) is 103 Å². The third-order valence-electron chi connectivity index (χ3n) is 5.81. The van der Waals surface area contributed by atoms with Gasteiger partial charge in [0.05, 0.1) is 5.51 Å². The smallest absolute Gasteiger partial charge is 0.427 e. The minimum Gasteiger partial charge on any atom is -0.464 e. The number of sulfonamides is 1.